The fourth-order valence-corrected chi connectivity index (χ4v) is 1.34. The van der Waals surface area contributed by atoms with Gasteiger partial charge in [0.15, 0.2) is 0 Å². The van der Waals surface area contributed by atoms with Crippen molar-refractivity contribution in [1.29, 1.82) is 0 Å². The zero-order valence-corrected chi connectivity index (χ0v) is 8.07. The fourth-order valence-electron chi connectivity index (χ4n) is 1.34. The van der Waals surface area contributed by atoms with Crippen LogP contribution in [0.5, 0.6) is 0 Å². The number of aldehydes is 1. The molecule has 0 aliphatic rings. The zero-order valence-electron chi connectivity index (χ0n) is 8.07. The van der Waals surface area contributed by atoms with Gasteiger partial charge in [0.2, 0.25) is 0 Å². The minimum absolute atomic E-state index is 0.212. The average Bonchev–Trinajstić information content (AvgIpc) is 2.19. The number of aryl methyl sites for hydroxylation is 1. The lowest BCUT2D eigenvalue weighted by Gasteiger charge is -2.02. The molecule has 0 spiro atoms. The third-order valence-electron chi connectivity index (χ3n) is 2.20. The van der Waals surface area contributed by atoms with E-state index in [1.807, 2.05) is 13.0 Å². The summed E-state index contributed by atoms with van der Waals surface area (Å²) in [5, 5.41) is 0. The van der Waals surface area contributed by atoms with E-state index in [9.17, 15) is 4.79 Å². The van der Waals surface area contributed by atoms with Crippen LogP contribution in [0.25, 0.3) is 0 Å². The van der Waals surface area contributed by atoms with Gasteiger partial charge in [0.1, 0.15) is 6.29 Å². The summed E-state index contributed by atoms with van der Waals surface area (Å²) in [6.07, 6.45) is 4.21. The third-order valence-corrected chi connectivity index (χ3v) is 2.20. The van der Waals surface area contributed by atoms with E-state index in [4.69, 9.17) is 0 Å². The second-order valence-electron chi connectivity index (χ2n) is 3.49. The topological polar surface area (TPSA) is 17.1 Å². The van der Waals surface area contributed by atoms with Crippen molar-refractivity contribution in [3.8, 4) is 0 Å². The highest BCUT2D eigenvalue weighted by Gasteiger charge is 1.98. The minimum Gasteiger partial charge on any atom is -0.303 e. The van der Waals surface area contributed by atoms with Gasteiger partial charge in [-0.15, -0.1) is 0 Å². The standard InChI is InChI=1S/C12H16O/c1-11(10-13)6-5-9-12-7-3-2-4-8-12/h2-4,7-8,10-11H,5-6,9H2,1H3/t11-/m1/s1. The molecule has 0 aliphatic heterocycles. The summed E-state index contributed by atoms with van der Waals surface area (Å²) in [6.45, 7) is 1.97. The monoisotopic (exact) mass is 176 g/mol. The van der Waals surface area contributed by atoms with Crippen LogP contribution in [-0.4, -0.2) is 6.29 Å². The van der Waals surface area contributed by atoms with Crippen LogP contribution in [0.15, 0.2) is 30.3 Å². The Balaban J connectivity index is 2.24. The number of hydrogen-bond donors (Lipinski definition) is 0. The van der Waals surface area contributed by atoms with Gasteiger partial charge in [-0.3, -0.25) is 0 Å². The van der Waals surface area contributed by atoms with Crippen molar-refractivity contribution >= 4 is 6.29 Å². The molecule has 0 aromatic heterocycles. The van der Waals surface area contributed by atoms with Crippen LogP contribution in [0, 0.1) is 5.92 Å². The van der Waals surface area contributed by atoms with Crippen LogP contribution in [-0.2, 0) is 11.2 Å². The molecule has 0 saturated carbocycles. The van der Waals surface area contributed by atoms with Crippen LogP contribution in [0.1, 0.15) is 25.3 Å². The smallest absolute Gasteiger partial charge is 0.122 e. The van der Waals surface area contributed by atoms with Crippen molar-refractivity contribution < 1.29 is 4.79 Å². The molecule has 0 saturated heterocycles. The molecule has 1 aromatic carbocycles. The first-order valence-electron chi connectivity index (χ1n) is 4.82. The minimum atomic E-state index is 0.212. The molecule has 0 fully saturated rings. The molecule has 0 radical (unpaired) electrons. The summed E-state index contributed by atoms with van der Waals surface area (Å²) in [4.78, 5) is 10.3. The van der Waals surface area contributed by atoms with E-state index in [-0.39, 0.29) is 5.92 Å². The number of rotatable bonds is 5. The van der Waals surface area contributed by atoms with Crippen LogP contribution in [0.2, 0.25) is 0 Å². The SMILES string of the molecule is C[C@@H](C=O)CCCc1ccccc1. The van der Waals surface area contributed by atoms with E-state index < -0.39 is 0 Å². The summed E-state index contributed by atoms with van der Waals surface area (Å²) in [6, 6.07) is 10.4. The summed E-state index contributed by atoms with van der Waals surface area (Å²) < 4.78 is 0. The van der Waals surface area contributed by atoms with Crippen LogP contribution in [0.4, 0.5) is 0 Å². The number of carbonyl (C=O) groups excluding carboxylic acids is 1. The molecule has 70 valence electrons. The quantitative estimate of drug-likeness (QED) is 0.630. The van der Waals surface area contributed by atoms with Crippen molar-refractivity contribution in [3.05, 3.63) is 35.9 Å². The maximum atomic E-state index is 10.3. The first-order chi connectivity index (χ1) is 6.33. The maximum Gasteiger partial charge on any atom is 0.122 e. The molecule has 1 atom stereocenters. The van der Waals surface area contributed by atoms with Crippen LogP contribution < -0.4 is 0 Å². The third kappa shape index (κ3) is 3.88. The first kappa shape index (κ1) is 9.97. The highest BCUT2D eigenvalue weighted by atomic mass is 16.1. The van der Waals surface area contributed by atoms with Gasteiger partial charge < -0.3 is 4.79 Å². The highest BCUT2D eigenvalue weighted by Crippen LogP contribution is 2.08. The van der Waals surface area contributed by atoms with Gasteiger partial charge >= 0.3 is 0 Å². The molecule has 0 unspecified atom stereocenters. The molecule has 1 rings (SSSR count). The molecule has 1 nitrogen and oxygen atoms in total. The van der Waals surface area contributed by atoms with E-state index in [0.29, 0.717) is 0 Å². The average molecular weight is 176 g/mol. The van der Waals surface area contributed by atoms with Crippen LogP contribution in [0.3, 0.4) is 0 Å². The molecule has 0 heterocycles. The molecular weight excluding hydrogens is 160 g/mol. The summed E-state index contributed by atoms with van der Waals surface area (Å²) >= 11 is 0. The maximum absolute atomic E-state index is 10.3. The van der Waals surface area contributed by atoms with Gasteiger partial charge in [0.05, 0.1) is 0 Å². The van der Waals surface area contributed by atoms with Crippen molar-refractivity contribution in [3.63, 3.8) is 0 Å². The molecule has 1 aromatic rings. The van der Waals surface area contributed by atoms with E-state index in [1.54, 1.807) is 0 Å². The van der Waals surface area contributed by atoms with Crippen molar-refractivity contribution in [1.82, 2.24) is 0 Å². The molecule has 1 heteroatoms. The zero-order chi connectivity index (χ0) is 9.52. The Kier molecular flexibility index (Phi) is 4.24. The van der Waals surface area contributed by atoms with E-state index in [0.717, 1.165) is 25.5 Å². The highest BCUT2D eigenvalue weighted by molar-refractivity contribution is 5.52. The van der Waals surface area contributed by atoms with E-state index >= 15 is 0 Å². The number of hydrogen-bond acceptors (Lipinski definition) is 1. The number of benzene rings is 1. The Morgan fingerprint density at radius 1 is 1.31 bits per heavy atom. The lowest BCUT2D eigenvalue weighted by molar-refractivity contribution is -0.110. The molecule has 0 aliphatic carbocycles. The fraction of sp³-hybridized carbons (Fsp3) is 0.417. The van der Waals surface area contributed by atoms with Crippen molar-refractivity contribution in [2.24, 2.45) is 5.92 Å². The normalized spacial score (nSPS) is 12.4. The molecule has 0 amide bonds. The summed E-state index contributed by atoms with van der Waals surface area (Å²) in [5.41, 5.74) is 1.36. The first-order valence-corrected chi connectivity index (χ1v) is 4.82. The van der Waals surface area contributed by atoms with E-state index in [2.05, 4.69) is 24.3 Å². The molecule has 13 heavy (non-hydrogen) atoms. The summed E-state index contributed by atoms with van der Waals surface area (Å²) in [7, 11) is 0. The lowest BCUT2D eigenvalue weighted by Crippen LogP contribution is -1.96. The van der Waals surface area contributed by atoms with Crippen LogP contribution >= 0.6 is 0 Å². The van der Waals surface area contributed by atoms with Crippen molar-refractivity contribution in [2.75, 3.05) is 0 Å². The second kappa shape index (κ2) is 5.52. The Labute approximate surface area is 79.8 Å². The van der Waals surface area contributed by atoms with Gasteiger partial charge in [-0.2, -0.15) is 0 Å². The predicted octanol–water partition coefficient (Wildman–Crippen LogP) is 2.84. The molecule has 0 bridgehead atoms. The summed E-state index contributed by atoms with van der Waals surface area (Å²) in [5.74, 6) is 0.212. The second-order valence-corrected chi connectivity index (χ2v) is 3.49. The molecule has 0 N–H and O–H groups in total. The Bertz CT molecular complexity index is 241. The van der Waals surface area contributed by atoms with E-state index in [1.165, 1.54) is 5.56 Å². The predicted molar refractivity (Wildman–Crippen MR) is 54.6 cm³/mol. The lowest BCUT2D eigenvalue weighted by atomic mass is 10.0. The van der Waals surface area contributed by atoms with Gasteiger partial charge in [-0.05, 0) is 24.8 Å². The number of carbonyl (C=O) groups is 1. The van der Waals surface area contributed by atoms with Gasteiger partial charge in [-0.1, -0.05) is 37.3 Å². The molecular formula is C12H16O. The Hall–Kier alpha value is -1.11. The van der Waals surface area contributed by atoms with Gasteiger partial charge in [0, 0.05) is 5.92 Å². The van der Waals surface area contributed by atoms with Crippen molar-refractivity contribution in [2.45, 2.75) is 26.2 Å². The van der Waals surface area contributed by atoms with Gasteiger partial charge in [-0.25, -0.2) is 0 Å². The Morgan fingerprint density at radius 3 is 2.62 bits per heavy atom. The Morgan fingerprint density at radius 2 is 2.00 bits per heavy atom. The largest absolute Gasteiger partial charge is 0.303 e. The van der Waals surface area contributed by atoms with Gasteiger partial charge in [0.25, 0.3) is 0 Å².